The molecule has 2 rings (SSSR count). The first-order valence-electron chi connectivity index (χ1n) is 6.99. The highest BCUT2D eigenvalue weighted by Gasteiger charge is 2.13. The van der Waals surface area contributed by atoms with E-state index in [0.717, 1.165) is 25.1 Å². The molecule has 1 N–H and O–H groups in total. The Kier molecular flexibility index (Phi) is 5.59. The van der Waals surface area contributed by atoms with E-state index in [-0.39, 0.29) is 5.75 Å². The predicted molar refractivity (Wildman–Crippen MR) is 85.4 cm³/mol. The SMILES string of the molecule is CCCNCc1ccc(-c2cccc(OC)c2F)c(Cl)c1. The average molecular weight is 308 g/mol. The summed E-state index contributed by atoms with van der Waals surface area (Å²) in [4.78, 5) is 0. The molecular formula is C17H19ClFNO. The molecule has 2 nitrogen and oxygen atoms in total. The smallest absolute Gasteiger partial charge is 0.172 e. The predicted octanol–water partition coefficient (Wildman–Crippen LogP) is 4.65. The van der Waals surface area contributed by atoms with Crippen LogP contribution in [0.1, 0.15) is 18.9 Å². The van der Waals surface area contributed by atoms with Crippen molar-refractivity contribution in [2.75, 3.05) is 13.7 Å². The molecular weight excluding hydrogens is 289 g/mol. The van der Waals surface area contributed by atoms with E-state index < -0.39 is 5.82 Å². The van der Waals surface area contributed by atoms with Crippen LogP contribution in [-0.2, 0) is 6.54 Å². The molecule has 0 saturated heterocycles. The van der Waals surface area contributed by atoms with Gasteiger partial charge in [-0.15, -0.1) is 0 Å². The largest absolute Gasteiger partial charge is 0.494 e. The van der Waals surface area contributed by atoms with Crippen LogP contribution >= 0.6 is 11.6 Å². The minimum atomic E-state index is -0.390. The van der Waals surface area contributed by atoms with Gasteiger partial charge in [0.05, 0.1) is 7.11 Å². The zero-order valence-electron chi connectivity index (χ0n) is 12.2. The zero-order chi connectivity index (χ0) is 15.2. The van der Waals surface area contributed by atoms with Crippen molar-refractivity contribution in [1.29, 1.82) is 0 Å². The lowest BCUT2D eigenvalue weighted by Crippen LogP contribution is -2.13. The van der Waals surface area contributed by atoms with Crippen molar-refractivity contribution in [2.45, 2.75) is 19.9 Å². The van der Waals surface area contributed by atoms with Crippen LogP contribution in [-0.4, -0.2) is 13.7 Å². The Morgan fingerprint density at radius 2 is 2.00 bits per heavy atom. The summed E-state index contributed by atoms with van der Waals surface area (Å²) in [5, 5.41) is 3.85. The highest BCUT2D eigenvalue weighted by Crippen LogP contribution is 2.34. The van der Waals surface area contributed by atoms with Crippen LogP contribution in [0.5, 0.6) is 5.75 Å². The average Bonchev–Trinajstić information content (AvgIpc) is 2.48. The molecule has 21 heavy (non-hydrogen) atoms. The van der Waals surface area contributed by atoms with E-state index in [9.17, 15) is 4.39 Å². The van der Waals surface area contributed by atoms with E-state index in [1.165, 1.54) is 7.11 Å². The fraction of sp³-hybridized carbons (Fsp3) is 0.294. The summed E-state index contributed by atoms with van der Waals surface area (Å²) in [5.41, 5.74) is 2.21. The highest BCUT2D eigenvalue weighted by molar-refractivity contribution is 6.33. The molecule has 0 unspecified atom stereocenters. The summed E-state index contributed by atoms with van der Waals surface area (Å²) in [5.74, 6) is -0.170. The molecule has 0 amide bonds. The second kappa shape index (κ2) is 7.43. The fourth-order valence-electron chi connectivity index (χ4n) is 2.17. The lowest BCUT2D eigenvalue weighted by Gasteiger charge is -2.11. The number of hydrogen-bond acceptors (Lipinski definition) is 2. The van der Waals surface area contributed by atoms with E-state index >= 15 is 0 Å². The maximum atomic E-state index is 14.3. The number of nitrogens with one attached hydrogen (secondary N) is 1. The van der Waals surface area contributed by atoms with Gasteiger partial charge in [-0.05, 0) is 30.7 Å². The van der Waals surface area contributed by atoms with Crippen molar-refractivity contribution < 1.29 is 9.13 Å². The third kappa shape index (κ3) is 3.74. The molecule has 0 aliphatic rings. The molecule has 0 aliphatic heterocycles. The Hall–Kier alpha value is -1.58. The third-order valence-corrected chi connectivity index (χ3v) is 3.58. The van der Waals surface area contributed by atoms with Crippen molar-refractivity contribution >= 4 is 11.6 Å². The van der Waals surface area contributed by atoms with Gasteiger partial charge >= 0.3 is 0 Å². The zero-order valence-corrected chi connectivity index (χ0v) is 13.0. The van der Waals surface area contributed by atoms with Crippen molar-refractivity contribution in [3.8, 4) is 16.9 Å². The van der Waals surface area contributed by atoms with E-state index in [1.807, 2.05) is 18.2 Å². The van der Waals surface area contributed by atoms with Crippen molar-refractivity contribution in [2.24, 2.45) is 0 Å². The van der Waals surface area contributed by atoms with Gasteiger partial charge in [-0.25, -0.2) is 4.39 Å². The van der Waals surface area contributed by atoms with E-state index in [0.29, 0.717) is 16.1 Å². The maximum Gasteiger partial charge on any atom is 0.172 e. The molecule has 2 aromatic rings. The van der Waals surface area contributed by atoms with E-state index in [2.05, 4.69) is 12.2 Å². The van der Waals surface area contributed by atoms with Crippen LogP contribution in [0.3, 0.4) is 0 Å². The maximum absolute atomic E-state index is 14.3. The first-order valence-corrected chi connectivity index (χ1v) is 7.37. The minimum Gasteiger partial charge on any atom is -0.494 e. The Bertz CT molecular complexity index is 616. The molecule has 0 aliphatic carbocycles. The molecule has 0 saturated carbocycles. The van der Waals surface area contributed by atoms with Crippen LogP contribution in [0, 0.1) is 5.82 Å². The Balaban J connectivity index is 2.29. The Labute approximate surface area is 129 Å². The summed E-state index contributed by atoms with van der Waals surface area (Å²) < 4.78 is 19.3. The van der Waals surface area contributed by atoms with Crippen molar-refractivity contribution in [3.05, 3.63) is 52.8 Å². The number of hydrogen-bond donors (Lipinski definition) is 1. The van der Waals surface area contributed by atoms with Gasteiger partial charge in [0.15, 0.2) is 11.6 Å². The summed E-state index contributed by atoms with van der Waals surface area (Å²) in [6.07, 6.45) is 1.08. The molecule has 0 spiro atoms. The number of rotatable bonds is 6. The number of methoxy groups -OCH3 is 1. The van der Waals surface area contributed by atoms with Gasteiger partial charge in [0.2, 0.25) is 0 Å². The summed E-state index contributed by atoms with van der Waals surface area (Å²) in [6, 6.07) is 10.7. The molecule has 0 bridgehead atoms. The number of benzene rings is 2. The molecule has 0 atom stereocenters. The van der Waals surface area contributed by atoms with Gasteiger partial charge in [-0.2, -0.15) is 0 Å². The van der Waals surface area contributed by atoms with E-state index in [1.54, 1.807) is 18.2 Å². The molecule has 0 fully saturated rings. The number of ether oxygens (including phenoxy) is 1. The van der Waals surface area contributed by atoms with E-state index in [4.69, 9.17) is 16.3 Å². The molecule has 0 aromatic heterocycles. The van der Waals surface area contributed by atoms with Gasteiger partial charge < -0.3 is 10.1 Å². The third-order valence-electron chi connectivity index (χ3n) is 3.26. The minimum absolute atomic E-state index is 0.220. The standard InChI is InChI=1S/C17H19ClFNO/c1-3-9-20-11-12-7-8-13(15(18)10-12)14-5-4-6-16(21-2)17(14)19/h4-8,10,20H,3,9,11H2,1-2H3. The Morgan fingerprint density at radius 3 is 2.67 bits per heavy atom. The van der Waals surface area contributed by atoms with Gasteiger partial charge in [0.25, 0.3) is 0 Å². The second-order valence-electron chi connectivity index (χ2n) is 4.81. The van der Waals surface area contributed by atoms with Crippen molar-refractivity contribution in [3.63, 3.8) is 0 Å². The molecule has 2 aromatic carbocycles. The monoisotopic (exact) mass is 307 g/mol. The van der Waals surface area contributed by atoms with Crippen LogP contribution in [0.25, 0.3) is 11.1 Å². The topological polar surface area (TPSA) is 21.3 Å². The van der Waals surface area contributed by atoms with Gasteiger partial charge in [0, 0.05) is 22.7 Å². The first-order chi connectivity index (χ1) is 10.2. The van der Waals surface area contributed by atoms with Gasteiger partial charge in [-0.1, -0.05) is 42.8 Å². The summed E-state index contributed by atoms with van der Waals surface area (Å²) >= 11 is 6.31. The number of halogens is 2. The van der Waals surface area contributed by atoms with Gasteiger partial charge in [-0.3, -0.25) is 0 Å². The van der Waals surface area contributed by atoms with Crippen LogP contribution in [0.15, 0.2) is 36.4 Å². The fourth-order valence-corrected chi connectivity index (χ4v) is 2.48. The van der Waals surface area contributed by atoms with Crippen LogP contribution in [0.2, 0.25) is 5.02 Å². The molecule has 0 radical (unpaired) electrons. The van der Waals surface area contributed by atoms with Crippen LogP contribution in [0.4, 0.5) is 4.39 Å². The molecule has 112 valence electrons. The molecule has 4 heteroatoms. The van der Waals surface area contributed by atoms with Gasteiger partial charge in [0.1, 0.15) is 0 Å². The summed E-state index contributed by atoms with van der Waals surface area (Å²) in [7, 11) is 1.45. The normalized spacial score (nSPS) is 10.7. The highest BCUT2D eigenvalue weighted by atomic mass is 35.5. The van der Waals surface area contributed by atoms with Crippen LogP contribution < -0.4 is 10.1 Å². The molecule has 0 heterocycles. The Morgan fingerprint density at radius 1 is 1.19 bits per heavy atom. The van der Waals surface area contributed by atoms with Crippen molar-refractivity contribution in [1.82, 2.24) is 5.32 Å². The second-order valence-corrected chi connectivity index (χ2v) is 5.22. The summed E-state index contributed by atoms with van der Waals surface area (Å²) in [6.45, 7) is 3.84. The lowest BCUT2D eigenvalue weighted by atomic mass is 10.0. The lowest BCUT2D eigenvalue weighted by molar-refractivity contribution is 0.387. The quantitative estimate of drug-likeness (QED) is 0.784. The first kappa shape index (κ1) is 15.8.